The number of carbonyl (C=O) groups excluding carboxylic acids is 1. The van der Waals surface area contributed by atoms with Gasteiger partial charge in [0.15, 0.2) is 10.9 Å². The molecule has 11 heteroatoms. The maximum absolute atomic E-state index is 13.5. The maximum atomic E-state index is 13.5. The number of fused-ring (bicyclic) bond motifs is 1. The van der Waals surface area contributed by atoms with E-state index in [1.807, 2.05) is 0 Å². The van der Waals surface area contributed by atoms with Gasteiger partial charge in [0.05, 0.1) is 5.69 Å². The predicted molar refractivity (Wildman–Crippen MR) is 97.5 cm³/mol. The zero-order valence-electron chi connectivity index (χ0n) is 16.2. The number of ether oxygens (including phenoxy) is 2. The Bertz CT molecular complexity index is 826. The molecule has 0 radical (unpaired) electrons. The number of amides is 1. The van der Waals surface area contributed by atoms with Crippen LogP contribution in [0.15, 0.2) is 6.07 Å². The lowest BCUT2D eigenvalue weighted by atomic mass is 9.85. The first-order valence-electron chi connectivity index (χ1n) is 9.08. The van der Waals surface area contributed by atoms with Crippen LogP contribution in [0.1, 0.15) is 44.9 Å². The molecule has 4 N–H and O–H groups in total. The highest BCUT2D eigenvalue weighted by Gasteiger charge is 2.58. The number of carbonyl (C=O) groups is 1. The third-order valence-electron chi connectivity index (χ3n) is 5.04. The molecule has 2 aliphatic rings. The highest BCUT2D eigenvalue weighted by Crippen LogP contribution is 2.54. The molecule has 1 aromatic heterocycles. The molecule has 2 atom stereocenters. The fraction of sp³-hybridized carbons (Fsp3) is 0.667. The van der Waals surface area contributed by atoms with Crippen molar-refractivity contribution in [2.45, 2.75) is 56.5 Å². The SMILES string of the molecule is CC(C)(C)OC(=O)N[C@]1(C2CC2)COc2c1cc(C(O)(CN)C(F)(F)F)nc2Cl. The molecule has 1 saturated carbocycles. The van der Waals surface area contributed by atoms with Crippen molar-refractivity contribution < 1.29 is 32.5 Å². The number of alkyl carbamates (subject to hydrolysis) is 1. The van der Waals surface area contributed by atoms with Gasteiger partial charge in [-0.25, -0.2) is 9.78 Å². The van der Waals surface area contributed by atoms with Gasteiger partial charge in [0.25, 0.3) is 0 Å². The van der Waals surface area contributed by atoms with Gasteiger partial charge >= 0.3 is 12.3 Å². The van der Waals surface area contributed by atoms with Gasteiger partial charge in [-0.2, -0.15) is 13.2 Å². The standard InChI is InChI=1S/C18H23ClF3N3O4/c1-15(2,3)29-14(26)25-16(9-4-5-9)8-28-12-10(16)6-11(24-13(12)19)17(27,7-23)18(20,21)22/h6,9,27H,4-5,7-8,23H2,1-3H3,(H,25,26)/t16-,17?/m0/s1. The molecule has 0 bridgehead atoms. The van der Waals surface area contributed by atoms with Gasteiger partial charge in [0.1, 0.15) is 17.7 Å². The molecule has 0 saturated heterocycles. The highest BCUT2D eigenvalue weighted by atomic mass is 35.5. The van der Waals surface area contributed by atoms with Crippen molar-refractivity contribution in [1.29, 1.82) is 0 Å². The van der Waals surface area contributed by atoms with Gasteiger partial charge in [-0.3, -0.25) is 0 Å². The summed E-state index contributed by atoms with van der Waals surface area (Å²) in [4.78, 5) is 16.1. The molecular formula is C18H23ClF3N3O4. The number of hydrogen-bond donors (Lipinski definition) is 3. The lowest BCUT2D eigenvalue weighted by Crippen LogP contribution is -2.51. The van der Waals surface area contributed by atoms with E-state index < -0.39 is 41.2 Å². The number of nitrogens with two attached hydrogens (primary N) is 1. The van der Waals surface area contributed by atoms with Crippen molar-refractivity contribution in [3.8, 4) is 5.75 Å². The van der Waals surface area contributed by atoms with Crippen LogP contribution >= 0.6 is 11.6 Å². The van der Waals surface area contributed by atoms with Crippen LogP contribution < -0.4 is 15.8 Å². The summed E-state index contributed by atoms with van der Waals surface area (Å²) >= 11 is 6.08. The molecule has 3 rings (SSSR count). The van der Waals surface area contributed by atoms with Crippen molar-refractivity contribution in [2.24, 2.45) is 11.7 Å². The molecule has 0 spiro atoms. The average molecular weight is 438 g/mol. The number of alkyl halides is 3. The Morgan fingerprint density at radius 2 is 2.07 bits per heavy atom. The van der Waals surface area contributed by atoms with E-state index in [0.29, 0.717) is 0 Å². The molecule has 1 amide bonds. The number of nitrogens with one attached hydrogen (secondary N) is 1. The van der Waals surface area contributed by atoms with Gasteiger partial charge in [0, 0.05) is 12.1 Å². The molecule has 1 aromatic rings. The maximum Gasteiger partial charge on any atom is 0.424 e. The van der Waals surface area contributed by atoms with Crippen LogP contribution in [0.2, 0.25) is 5.15 Å². The molecule has 7 nitrogen and oxygen atoms in total. The van der Waals surface area contributed by atoms with Gasteiger partial charge in [0.2, 0.25) is 5.60 Å². The van der Waals surface area contributed by atoms with E-state index >= 15 is 0 Å². The summed E-state index contributed by atoms with van der Waals surface area (Å²) in [5.41, 5.74) is -0.598. The second-order valence-corrected chi connectivity index (χ2v) is 8.76. The summed E-state index contributed by atoms with van der Waals surface area (Å²) in [6.45, 7) is 3.90. The van der Waals surface area contributed by atoms with Crippen molar-refractivity contribution in [3.05, 3.63) is 22.5 Å². The Morgan fingerprint density at radius 3 is 2.55 bits per heavy atom. The highest BCUT2D eigenvalue weighted by molar-refractivity contribution is 6.31. The first kappa shape index (κ1) is 21.9. The average Bonchev–Trinajstić information content (AvgIpc) is 3.35. The normalized spacial score (nSPS) is 23.8. The second-order valence-electron chi connectivity index (χ2n) is 8.40. The number of halogens is 4. The van der Waals surface area contributed by atoms with Gasteiger partial charge < -0.3 is 25.6 Å². The monoisotopic (exact) mass is 437 g/mol. The number of rotatable bonds is 4. The Labute approximate surface area is 170 Å². The third-order valence-corrected chi connectivity index (χ3v) is 5.30. The smallest absolute Gasteiger partial charge is 0.424 e. The fourth-order valence-electron chi connectivity index (χ4n) is 3.42. The summed E-state index contributed by atoms with van der Waals surface area (Å²) in [5.74, 6) is -0.0145. The summed E-state index contributed by atoms with van der Waals surface area (Å²) in [5, 5.41) is 12.6. The van der Waals surface area contributed by atoms with Gasteiger partial charge in [-0.1, -0.05) is 11.6 Å². The lowest BCUT2D eigenvalue weighted by Gasteiger charge is -2.33. The number of nitrogens with zero attached hydrogens (tertiary/aromatic N) is 1. The van der Waals surface area contributed by atoms with Crippen molar-refractivity contribution >= 4 is 17.7 Å². The van der Waals surface area contributed by atoms with Crippen LogP contribution in [0.4, 0.5) is 18.0 Å². The van der Waals surface area contributed by atoms with E-state index in [1.54, 1.807) is 20.8 Å². The number of aliphatic hydroxyl groups is 1. The van der Waals surface area contributed by atoms with E-state index in [2.05, 4.69) is 10.3 Å². The van der Waals surface area contributed by atoms with Crippen LogP contribution in [0.5, 0.6) is 5.75 Å². The van der Waals surface area contributed by atoms with Gasteiger partial charge in [-0.05, 0) is 45.6 Å². The molecular weight excluding hydrogens is 415 g/mol. The summed E-state index contributed by atoms with van der Waals surface area (Å²) in [6.07, 6.45) is -4.35. The lowest BCUT2D eigenvalue weighted by molar-refractivity contribution is -0.263. The van der Waals surface area contributed by atoms with Crippen molar-refractivity contribution in [3.63, 3.8) is 0 Å². The number of hydrogen-bond acceptors (Lipinski definition) is 6. The molecule has 29 heavy (non-hydrogen) atoms. The van der Waals surface area contributed by atoms with Crippen LogP contribution in [0, 0.1) is 5.92 Å². The zero-order valence-corrected chi connectivity index (χ0v) is 16.9. The molecule has 1 aliphatic heterocycles. The van der Waals surface area contributed by atoms with E-state index in [4.69, 9.17) is 26.8 Å². The van der Waals surface area contributed by atoms with Crippen LogP contribution in [0.25, 0.3) is 0 Å². The number of pyridine rings is 1. The quantitative estimate of drug-likeness (QED) is 0.625. The molecule has 1 fully saturated rings. The van der Waals surface area contributed by atoms with Crippen LogP contribution in [-0.2, 0) is 15.9 Å². The summed E-state index contributed by atoms with van der Waals surface area (Å²) < 4.78 is 51.4. The fourth-order valence-corrected chi connectivity index (χ4v) is 3.66. The Hall–Kier alpha value is -1.78. The molecule has 1 aliphatic carbocycles. The van der Waals surface area contributed by atoms with E-state index in [-0.39, 0.29) is 29.0 Å². The van der Waals surface area contributed by atoms with E-state index in [0.717, 1.165) is 18.9 Å². The molecule has 0 aromatic carbocycles. The molecule has 2 heterocycles. The summed E-state index contributed by atoms with van der Waals surface area (Å²) in [7, 11) is 0. The Kier molecular flexibility index (Phi) is 5.20. The van der Waals surface area contributed by atoms with Gasteiger partial charge in [-0.15, -0.1) is 0 Å². The predicted octanol–water partition coefficient (Wildman–Crippen LogP) is 2.97. The second kappa shape index (κ2) is 6.88. The minimum atomic E-state index is -5.08. The third kappa shape index (κ3) is 3.85. The molecule has 162 valence electrons. The first-order valence-corrected chi connectivity index (χ1v) is 9.46. The van der Waals surface area contributed by atoms with Crippen molar-refractivity contribution in [1.82, 2.24) is 10.3 Å². The minimum absolute atomic E-state index is 0.0375. The first-order chi connectivity index (χ1) is 13.2. The number of aromatic nitrogens is 1. The summed E-state index contributed by atoms with van der Waals surface area (Å²) in [6, 6.07) is 1.06. The Balaban J connectivity index is 2.08. The molecule has 1 unspecified atom stereocenters. The minimum Gasteiger partial charge on any atom is -0.487 e. The topological polar surface area (TPSA) is 107 Å². The Morgan fingerprint density at radius 1 is 1.45 bits per heavy atom. The van der Waals surface area contributed by atoms with E-state index in [1.165, 1.54) is 0 Å². The largest absolute Gasteiger partial charge is 0.487 e. The van der Waals surface area contributed by atoms with Crippen LogP contribution in [-0.4, -0.2) is 41.1 Å². The zero-order chi connectivity index (χ0) is 21.8. The van der Waals surface area contributed by atoms with Crippen molar-refractivity contribution in [2.75, 3.05) is 13.2 Å². The van der Waals surface area contributed by atoms with E-state index in [9.17, 15) is 23.1 Å². The van der Waals surface area contributed by atoms with Crippen LogP contribution in [0.3, 0.4) is 0 Å².